The Kier molecular flexibility index (Phi) is 3.18. The molecular weight excluding hydrogens is 214 g/mol. The maximum Gasteiger partial charge on any atom is 0.254 e. The van der Waals surface area contributed by atoms with Gasteiger partial charge in [-0.05, 0) is 32.4 Å². The lowest BCUT2D eigenvalue weighted by Gasteiger charge is -2.26. The lowest BCUT2D eigenvalue weighted by atomic mass is 10.0. The minimum Gasteiger partial charge on any atom is -0.508 e. The molecule has 1 aromatic rings. The van der Waals surface area contributed by atoms with Gasteiger partial charge in [-0.2, -0.15) is 0 Å². The van der Waals surface area contributed by atoms with E-state index in [1.165, 1.54) is 5.57 Å². The molecule has 0 aliphatic carbocycles. The minimum atomic E-state index is 0.00199. The van der Waals surface area contributed by atoms with Crippen LogP contribution in [0.3, 0.4) is 0 Å². The average molecular weight is 231 g/mol. The molecule has 0 saturated heterocycles. The average Bonchev–Trinajstić information content (AvgIpc) is 2.33. The Morgan fingerprint density at radius 3 is 2.76 bits per heavy atom. The van der Waals surface area contributed by atoms with Gasteiger partial charge < -0.3 is 10.0 Å². The zero-order chi connectivity index (χ0) is 12.4. The normalized spacial score (nSPS) is 15.6. The van der Waals surface area contributed by atoms with E-state index in [4.69, 9.17) is 0 Å². The first-order valence-corrected chi connectivity index (χ1v) is 5.83. The molecule has 3 nitrogen and oxygen atoms in total. The molecule has 90 valence electrons. The highest BCUT2D eigenvalue weighted by molar-refractivity contribution is 5.96. The second kappa shape index (κ2) is 4.62. The Balaban J connectivity index is 2.23. The Morgan fingerprint density at radius 1 is 1.35 bits per heavy atom. The molecule has 1 aliphatic heterocycles. The summed E-state index contributed by atoms with van der Waals surface area (Å²) < 4.78 is 0. The van der Waals surface area contributed by atoms with Crippen LogP contribution in [0, 0.1) is 6.92 Å². The molecule has 17 heavy (non-hydrogen) atoms. The molecule has 0 spiro atoms. The van der Waals surface area contributed by atoms with E-state index >= 15 is 0 Å². The molecule has 3 heteroatoms. The van der Waals surface area contributed by atoms with Crippen molar-refractivity contribution < 1.29 is 9.90 Å². The zero-order valence-electron chi connectivity index (χ0n) is 10.2. The summed E-state index contributed by atoms with van der Waals surface area (Å²) in [5.74, 6) is 0.182. The third-order valence-corrected chi connectivity index (χ3v) is 3.26. The van der Waals surface area contributed by atoms with Gasteiger partial charge in [-0.3, -0.25) is 4.79 Å². The Hall–Kier alpha value is -1.77. The van der Waals surface area contributed by atoms with Crippen molar-refractivity contribution in [3.63, 3.8) is 0 Å². The molecular formula is C14H17NO2. The van der Waals surface area contributed by atoms with Crippen LogP contribution in [0.1, 0.15) is 29.3 Å². The van der Waals surface area contributed by atoms with E-state index in [0.29, 0.717) is 17.7 Å². The highest BCUT2D eigenvalue weighted by Crippen LogP contribution is 2.22. The second-order valence-corrected chi connectivity index (χ2v) is 4.50. The van der Waals surface area contributed by atoms with E-state index < -0.39 is 0 Å². The van der Waals surface area contributed by atoms with Gasteiger partial charge in [0, 0.05) is 24.2 Å². The second-order valence-electron chi connectivity index (χ2n) is 4.50. The summed E-state index contributed by atoms with van der Waals surface area (Å²) in [5.41, 5.74) is 2.59. The van der Waals surface area contributed by atoms with Gasteiger partial charge in [0.15, 0.2) is 0 Å². The fourth-order valence-electron chi connectivity index (χ4n) is 1.98. The predicted molar refractivity (Wildman–Crippen MR) is 67.1 cm³/mol. The van der Waals surface area contributed by atoms with Crippen molar-refractivity contribution in [3.8, 4) is 5.75 Å². The van der Waals surface area contributed by atoms with Crippen molar-refractivity contribution in [2.45, 2.75) is 20.3 Å². The Labute approximate surface area is 101 Å². The van der Waals surface area contributed by atoms with Crippen LogP contribution in [0.4, 0.5) is 0 Å². The lowest BCUT2D eigenvalue weighted by molar-refractivity contribution is 0.0768. The van der Waals surface area contributed by atoms with E-state index in [0.717, 1.165) is 13.0 Å². The summed E-state index contributed by atoms with van der Waals surface area (Å²) in [6, 6.07) is 5.08. The predicted octanol–water partition coefficient (Wildman–Crippen LogP) is 2.49. The Morgan fingerprint density at radius 2 is 2.12 bits per heavy atom. The van der Waals surface area contributed by atoms with E-state index in [1.54, 1.807) is 25.1 Å². The van der Waals surface area contributed by atoms with E-state index in [9.17, 15) is 9.90 Å². The zero-order valence-corrected chi connectivity index (χ0v) is 10.2. The quantitative estimate of drug-likeness (QED) is 0.754. The van der Waals surface area contributed by atoms with Crippen LogP contribution in [0.15, 0.2) is 29.8 Å². The van der Waals surface area contributed by atoms with Crippen LogP contribution >= 0.6 is 0 Å². The summed E-state index contributed by atoms with van der Waals surface area (Å²) in [7, 11) is 0. The molecule has 0 saturated carbocycles. The van der Waals surface area contributed by atoms with Crippen LogP contribution in [0.5, 0.6) is 5.75 Å². The van der Waals surface area contributed by atoms with Gasteiger partial charge in [0.2, 0.25) is 0 Å². The van der Waals surface area contributed by atoms with Crippen molar-refractivity contribution in [2.24, 2.45) is 0 Å². The number of phenolic OH excluding ortho intramolecular Hbond substituents is 1. The molecule has 2 rings (SSSR count). The molecule has 0 bridgehead atoms. The summed E-state index contributed by atoms with van der Waals surface area (Å²) in [6.45, 7) is 5.28. The van der Waals surface area contributed by atoms with Gasteiger partial charge in [0.25, 0.3) is 5.91 Å². The monoisotopic (exact) mass is 231 g/mol. The summed E-state index contributed by atoms with van der Waals surface area (Å²) in [5, 5.41) is 9.61. The number of nitrogens with zero attached hydrogens (tertiary/aromatic N) is 1. The highest BCUT2D eigenvalue weighted by Gasteiger charge is 2.19. The molecule has 1 amide bonds. The Bertz CT molecular complexity index is 477. The van der Waals surface area contributed by atoms with Crippen molar-refractivity contribution >= 4 is 5.91 Å². The van der Waals surface area contributed by atoms with Crippen molar-refractivity contribution in [1.29, 1.82) is 0 Å². The minimum absolute atomic E-state index is 0.00199. The first-order chi connectivity index (χ1) is 8.09. The number of aromatic hydroxyl groups is 1. The molecule has 1 aliphatic rings. The number of carbonyl (C=O) groups excluding carboxylic acids is 1. The molecule has 0 radical (unpaired) electrons. The van der Waals surface area contributed by atoms with E-state index in [2.05, 4.69) is 13.0 Å². The van der Waals surface area contributed by atoms with Crippen LogP contribution in [0.25, 0.3) is 0 Å². The maximum absolute atomic E-state index is 12.3. The highest BCUT2D eigenvalue weighted by atomic mass is 16.3. The van der Waals surface area contributed by atoms with Crippen LogP contribution in [-0.4, -0.2) is 29.0 Å². The van der Waals surface area contributed by atoms with Crippen LogP contribution < -0.4 is 0 Å². The molecule has 0 unspecified atom stereocenters. The first kappa shape index (κ1) is 11.7. The number of hydrogen-bond donors (Lipinski definition) is 1. The number of phenols is 1. The molecule has 0 aromatic heterocycles. The molecule has 1 aromatic carbocycles. The van der Waals surface area contributed by atoms with Crippen molar-refractivity contribution in [2.75, 3.05) is 13.1 Å². The summed E-state index contributed by atoms with van der Waals surface area (Å²) >= 11 is 0. The fraction of sp³-hybridized carbons (Fsp3) is 0.357. The largest absolute Gasteiger partial charge is 0.508 e. The molecule has 0 fully saturated rings. The number of amides is 1. The number of hydrogen-bond acceptors (Lipinski definition) is 2. The molecule has 1 heterocycles. The smallest absolute Gasteiger partial charge is 0.254 e. The summed E-state index contributed by atoms with van der Waals surface area (Å²) in [4.78, 5) is 14.1. The van der Waals surface area contributed by atoms with Crippen molar-refractivity contribution in [3.05, 3.63) is 41.0 Å². The van der Waals surface area contributed by atoms with E-state index in [1.807, 2.05) is 4.90 Å². The third kappa shape index (κ3) is 2.33. The van der Waals surface area contributed by atoms with Crippen LogP contribution in [-0.2, 0) is 0 Å². The van der Waals surface area contributed by atoms with E-state index in [-0.39, 0.29) is 11.7 Å². The van der Waals surface area contributed by atoms with Gasteiger partial charge in [-0.1, -0.05) is 17.7 Å². The number of carbonyl (C=O) groups is 1. The summed E-state index contributed by atoms with van der Waals surface area (Å²) in [6.07, 6.45) is 3.02. The van der Waals surface area contributed by atoms with Gasteiger partial charge in [0.05, 0.1) is 0 Å². The number of benzene rings is 1. The van der Waals surface area contributed by atoms with Gasteiger partial charge in [0.1, 0.15) is 5.75 Å². The SMILES string of the molecule is CC1=CCN(C(=O)c2cccc(O)c2C)CC1. The van der Waals surface area contributed by atoms with Crippen molar-refractivity contribution in [1.82, 2.24) is 4.90 Å². The fourth-order valence-corrected chi connectivity index (χ4v) is 1.98. The lowest BCUT2D eigenvalue weighted by Crippen LogP contribution is -2.35. The van der Waals surface area contributed by atoms with Gasteiger partial charge in [-0.15, -0.1) is 0 Å². The first-order valence-electron chi connectivity index (χ1n) is 5.83. The van der Waals surface area contributed by atoms with Gasteiger partial charge >= 0.3 is 0 Å². The third-order valence-electron chi connectivity index (χ3n) is 3.26. The number of rotatable bonds is 1. The van der Waals surface area contributed by atoms with Crippen LogP contribution in [0.2, 0.25) is 0 Å². The molecule has 1 N–H and O–H groups in total. The topological polar surface area (TPSA) is 40.5 Å². The molecule has 0 atom stereocenters. The standard InChI is InChI=1S/C14H17NO2/c1-10-6-8-15(9-7-10)14(17)12-4-3-5-13(16)11(12)2/h3-6,16H,7-9H2,1-2H3. The maximum atomic E-state index is 12.3. The van der Waals surface area contributed by atoms with Gasteiger partial charge in [-0.25, -0.2) is 0 Å².